The fraction of sp³-hybridized carbons (Fsp3) is 0.643. The van der Waals surface area contributed by atoms with E-state index in [4.69, 9.17) is 9.47 Å². The van der Waals surface area contributed by atoms with E-state index < -0.39 is 0 Å². The molecule has 1 aromatic rings. The molecule has 0 fully saturated rings. The highest BCUT2D eigenvalue weighted by atomic mass is 32.2. The topological polar surface area (TPSA) is 83.6 Å². The first-order valence-corrected chi connectivity index (χ1v) is 14.1. The van der Waals surface area contributed by atoms with Gasteiger partial charge < -0.3 is 19.9 Å². The first-order valence-electron chi connectivity index (χ1n) is 13.1. The predicted octanol–water partition coefficient (Wildman–Crippen LogP) is 7.98. The van der Waals surface area contributed by atoms with E-state index in [1.165, 1.54) is 44.9 Å². The maximum atomic E-state index is 9.72. The largest absolute Gasteiger partial charge is 0.496 e. The third-order valence-corrected chi connectivity index (χ3v) is 7.87. The standard InChI is InChI=1S/C28H44N2O4S/c1-6-7-8-9-10-11-12-13-14-25(35-18-17-20(2)3)21-19-24(33-4)26-22(29-31)15-16-23(30-32)27(26)28(21)34-5/h15-16,19-20,25,31-32H,6-14,17-18H2,1-5H3. The molecule has 0 saturated heterocycles. The van der Waals surface area contributed by atoms with Gasteiger partial charge >= 0.3 is 0 Å². The van der Waals surface area contributed by atoms with Crippen LogP contribution >= 0.6 is 11.8 Å². The number of oxime groups is 2. The predicted molar refractivity (Wildman–Crippen MR) is 147 cm³/mol. The Kier molecular flexibility index (Phi) is 13.1. The van der Waals surface area contributed by atoms with Gasteiger partial charge in [-0.05, 0) is 42.7 Å². The Labute approximate surface area is 215 Å². The van der Waals surface area contributed by atoms with Gasteiger partial charge in [0.25, 0.3) is 0 Å². The van der Waals surface area contributed by atoms with E-state index >= 15 is 0 Å². The molecule has 0 aromatic heterocycles. The second kappa shape index (κ2) is 15.8. The Balaban J connectivity index is 2.34. The second-order valence-electron chi connectivity index (χ2n) is 9.56. The molecule has 0 bridgehead atoms. The van der Waals surface area contributed by atoms with Crippen LogP contribution in [0.25, 0.3) is 0 Å². The maximum Gasteiger partial charge on any atom is 0.133 e. The summed E-state index contributed by atoms with van der Waals surface area (Å²) in [6.07, 6.45) is 15.7. The number of unbranched alkanes of at least 4 members (excludes halogenated alkanes) is 7. The number of thioether (sulfide) groups is 1. The van der Waals surface area contributed by atoms with Crippen LogP contribution in [0.3, 0.4) is 0 Å². The van der Waals surface area contributed by atoms with E-state index in [1.54, 1.807) is 26.4 Å². The van der Waals surface area contributed by atoms with Crippen molar-refractivity contribution in [1.82, 2.24) is 0 Å². The van der Waals surface area contributed by atoms with Crippen LogP contribution < -0.4 is 9.47 Å². The lowest BCUT2D eigenvalue weighted by atomic mass is 9.88. The highest BCUT2D eigenvalue weighted by molar-refractivity contribution is 7.99. The van der Waals surface area contributed by atoms with Gasteiger partial charge in [0.2, 0.25) is 0 Å². The van der Waals surface area contributed by atoms with Crippen molar-refractivity contribution in [3.05, 3.63) is 34.9 Å². The van der Waals surface area contributed by atoms with Gasteiger partial charge in [-0.2, -0.15) is 11.8 Å². The molecule has 6 nitrogen and oxygen atoms in total. The van der Waals surface area contributed by atoms with Gasteiger partial charge in [0.05, 0.1) is 25.3 Å². The van der Waals surface area contributed by atoms with Crippen molar-refractivity contribution in [2.75, 3.05) is 20.0 Å². The number of benzene rings is 1. The lowest BCUT2D eigenvalue weighted by Crippen LogP contribution is -2.18. The summed E-state index contributed by atoms with van der Waals surface area (Å²) in [4.78, 5) is 0. The molecule has 7 heteroatoms. The number of hydrogen-bond donors (Lipinski definition) is 2. The minimum atomic E-state index is 0.225. The Morgan fingerprint density at radius 2 is 1.43 bits per heavy atom. The van der Waals surface area contributed by atoms with Crippen molar-refractivity contribution in [3.63, 3.8) is 0 Å². The smallest absolute Gasteiger partial charge is 0.133 e. The Morgan fingerprint density at radius 1 is 0.829 bits per heavy atom. The molecule has 35 heavy (non-hydrogen) atoms. The van der Waals surface area contributed by atoms with E-state index in [-0.39, 0.29) is 5.25 Å². The molecule has 1 unspecified atom stereocenters. The minimum Gasteiger partial charge on any atom is -0.496 e. The molecule has 0 radical (unpaired) electrons. The van der Waals surface area contributed by atoms with Crippen LogP contribution in [0.5, 0.6) is 11.5 Å². The Morgan fingerprint density at radius 3 is 1.97 bits per heavy atom. The van der Waals surface area contributed by atoms with Gasteiger partial charge in [-0.25, -0.2) is 0 Å². The van der Waals surface area contributed by atoms with Gasteiger partial charge in [0.15, 0.2) is 0 Å². The average Bonchev–Trinajstić information content (AvgIpc) is 2.87. The first-order chi connectivity index (χ1) is 17.0. The summed E-state index contributed by atoms with van der Waals surface area (Å²) < 4.78 is 11.7. The number of allylic oxidation sites excluding steroid dienone is 2. The van der Waals surface area contributed by atoms with Gasteiger partial charge in [-0.15, -0.1) is 0 Å². The van der Waals surface area contributed by atoms with E-state index in [0.29, 0.717) is 40.0 Å². The zero-order valence-electron chi connectivity index (χ0n) is 22.2. The average molecular weight is 505 g/mol. The number of rotatable bonds is 16. The lowest BCUT2D eigenvalue weighted by molar-refractivity contribution is 0.317. The van der Waals surface area contributed by atoms with E-state index in [9.17, 15) is 10.4 Å². The molecule has 0 aliphatic heterocycles. The molecular weight excluding hydrogens is 460 g/mol. The maximum absolute atomic E-state index is 9.72. The monoisotopic (exact) mass is 504 g/mol. The summed E-state index contributed by atoms with van der Waals surface area (Å²) in [7, 11) is 3.25. The number of methoxy groups -OCH3 is 2. The minimum absolute atomic E-state index is 0.225. The molecule has 1 aliphatic rings. The summed E-state index contributed by atoms with van der Waals surface area (Å²) in [6, 6.07) is 2.01. The molecule has 1 atom stereocenters. The van der Waals surface area contributed by atoms with Crippen LogP contribution in [0.2, 0.25) is 0 Å². The van der Waals surface area contributed by atoms with Crippen molar-refractivity contribution in [1.29, 1.82) is 0 Å². The summed E-state index contributed by atoms with van der Waals surface area (Å²) in [6.45, 7) is 6.76. The molecule has 1 aromatic carbocycles. The number of fused-ring (bicyclic) bond motifs is 1. The van der Waals surface area contributed by atoms with Crippen molar-refractivity contribution < 1.29 is 19.9 Å². The molecule has 0 saturated carbocycles. The normalized spacial score (nSPS) is 16.2. The molecule has 0 spiro atoms. The van der Waals surface area contributed by atoms with Crippen LogP contribution in [0.4, 0.5) is 0 Å². The van der Waals surface area contributed by atoms with Gasteiger partial charge in [-0.1, -0.05) is 82.4 Å². The van der Waals surface area contributed by atoms with Crippen LogP contribution in [0.1, 0.15) is 107 Å². The van der Waals surface area contributed by atoms with Crippen molar-refractivity contribution in [3.8, 4) is 11.5 Å². The molecule has 2 N–H and O–H groups in total. The highest BCUT2D eigenvalue weighted by Crippen LogP contribution is 2.46. The van der Waals surface area contributed by atoms with E-state index in [2.05, 4.69) is 31.1 Å². The fourth-order valence-electron chi connectivity index (χ4n) is 4.51. The molecule has 2 rings (SSSR count). The van der Waals surface area contributed by atoms with Crippen LogP contribution in [-0.2, 0) is 0 Å². The lowest BCUT2D eigenvalue weighted by Gasteiger charge is -2.26. The Bertz CT molecular complexity index is 880. The zero-order valence-corrected chi connectivity index (χ0v) is 23.0. The van der Waals surface area contributed by atoms with Crippen molar-refractivity contribution in [2.45, 2.75) is 90.2 Å². The first kappa shape index (κ1) is 29.1. The Hall–Kier alpha value is -2.15. The number of nitrogens with zero attached hydrogens (tertiary/aromatic N) is 2. The van der Waals surface area contributed by atoms with Crippen LogP contribution in [0, 0.1) is 5.92 Å². The van der Waals surface area contributed by atoms with Crippen molar-refractivity contribution in [2.24, 2.45) is 16.2 Å². The fourth-order valence-corrected chi connectivity index (χ4v) is 6.09. The van der Waals surface area contributed by atoms with Crippen LogP contribution in [-0.4, -0.2) is 41.8 Å². The molecule has 1 aliphatic carbocycles. The van der Waals surface area contributed by atoms with E-state index in [1.807, 2.05) is 17.8 Å². The number of ether oxygens (including phenoxy) is 2. The molecule has 196 valence electrons. The SMILES string of the molecule is CCCCCCCCCCC(SCCC(C)C)c1cc(OC)c2c(c1OC)C(=NO)C=CC2=NO. The summed E-state index contributed by atoms with van der Waals surface area (Å²) >= 11 is 1.96. The third-order valence-electron chi connectivity index (χ3n) is 6.50. The van der Waals surface area contributed by atoms with Crippen LogP contribution in [0.15, 0.2) is 28.5 Å². The summed E-state index contributed by atoms with van der Waals surface area (Å²) in [5.74, 6) is 2.94. The van der Waals surface area contributed by atoms with Gasteiger partial charge in [0, 0.05) is 10.8 Å². The van der Waals surface area contributed by atoms with Gasteiger partial charge in [-0.3, -0.25) is 0 Å². The second-order valence-corrected chi connectivity index (χ2v) is 10.9. The van der Waals surface area contributed by atoms with E-state index in [0.717, 1.165) is 30.6 Å². The van der Waals surface area contributed by atoms with Crippen molar-refractivity contribution >= 4 is 23.2 Å². The summed E-state index contributed by atoms with van der Waals surface area (Å²) in [5, 5.41) is 26.5. The number of hydrogen-bond acceptors (Lipinski definition) is 7. The van der Waals surface area contributed by atoms with Gasteiger partial charge in [0.1, 0.15) is 22.9 Å². The third kappa shape index (κ3) is 8.19. The quantitative estimate of drug-likeness (QED) is 0.135. The highest BCUT2D eigenvalue weighted by Gasteiger charge is 2.31. The summed E-state index contributed by atoms with van der Waals surface area (Å²) in [5.41, 5.74) is 2.92. The molecule has 0 amide bonds. The molecule has 0 heterocycles. The zero-order chi connectivity index (χ0) is 25.6. The molecular formula is C28H44N2O4S.